The van der Waals surface area contributed by atoms with E-state index >= 15 is 0 Å². The molecule has 0 spiro atoms. The fourth-order valence-corrected chi connectivity index (χ4v) is 3.39. The lowest BCUT2D eigenvalue weighted by molar-refractivity contribution is 0.108. The average Bonchev–Trinajstić information content (AvgIpc) is 2.79. The SMILES string of the molecule is O=C(S)c1c[nH]c(=S)n1C1CCc2c(F)cc(F)cc2C1. The third-order valence-corrected chi connectivity index (χ3v) is 4.37. The van der Waals surface area contributed by atoms with Crippen LogP contribution in [0.25, 0.3) is 0 Å². The molecule has 0 bridgehead atoms. The van der Waals surface area contributed by atoms with Gasteiger partial charge in [-0.2, -0.15) is 0 Å². The second-order valence-electron chi connectivity index (χ2n) is 5.08. The summed E-state index contributed by atoms with van der Waals surface area (Å²) in [6.45, 7) is 0. The van der Waals surface area contributed by atoms with Crippen LogP contribution in [-0.2, 0) is 12.8 Å². The van der Waals surface area contributed by atoms with E-state index < -0.39 is 16.7 Å². The van der Waals surface area contributed by atoms with Gasteiger partial charge in [0.05, 0.1) is 0 Å². The molecule has 1 aliphatic carbocycles. The van der Waals surface area contributed by atoms with E-state index in [4.69, 9.17) is 12.2 Å². The van der Waals surface area contributed by atoms with Gasteiger partial charge in [0.25, 0.3) is 0 Å². The number of nitrogens with zero attached hydrogens (tertiary/aromatic N) is 1. The maximum absolute atomic E-state index is 13.7. The standard InChI is InChI=1S/C14H12F2N2OS2/c15-8-3-7-4-9(1-2-10(7)11(16)5-8)18-12(13(19)20)6-17-14(18)21/h3,5-6,9H,1-2,4H2,(H,17,21)(H,19,20). The number of thiol groups is 1. The molecule has 0 fully saturated rings. The highest BCUT2D eigenvalue weighted by atomic mass is 32.1. The molecule has 1 N–H and O–H groups in total. The Morgan fingerprint density at radius 1 is 1.43 bits per heavy atom. The van der Waals surface area contributed by atoms with Crippen molar-refractivity contribution >= 4 is 30.0 Å². The van der Waals surface area contributed by atoms with Gasteiger partial charge in [-0.05, 0) is 48.7 Å². The lowest BCUT2D eigenvalue weighted by Crippen LogP contribution is -2.22. The van der Waals surface area contributed by atoms with Crippen LogP contribution >= 0.6 is 24.8 Å². The quantitative estimate of drug-likeness (QED) is 0.653. The predicted molar refractivity (Wildman–Crippen MR) is 80.4 cm³/mol. The van der Waals surface area contributed by atoms with Crippen LogP contribution in [0.2, 0.25) is 0 Å². The molecule has 21 heavy (non-hydrogen) atoms. The van der Waals surface area contributed by atoms with E-state index in [1.165, 1.54) is 12.3 Å². The van der Waals surface area contributed by atoms with E-state index in [2.05, 4.69) is 17.6 Å². The van der Waals surface area contributed by atoms with Gasteiger partial charge in [-0.3, -0.25) is 4.79 Å². The zero-order valence-corrected chi connectivity index (χ0v) is 12.6. The number of halogens is 2. The van der Waals surface area contributed by atoms with Crippen molar-refractivity contribution in [2.45, 2.75) is 25.3 Å². The molecule has 7 heteroatoms. The first-order valence-corrected chi connectivity index (χ1v) is 7.33. The van der Waals surface area contributed by atoms with Gasteiger partial charge in [0.1, 0.15) is 17.3 Å². The number of hydrogen-bond donors (Lipinski definition) is 2. The maximum Gasteiger partial charge on any atom is 0.234 e. The first-order chi connectivity index (χ1) is 9.97. The van der Waals surface area contributed by atoms with E-state index in [1.54, 1.807) is 4.57 Å². The fraction of sp³-hybridized carbons (Fsp3) is 0.286. The molecule has 1 atom stereocenters. The van der Waals surface area contributed by atoms with Crippen molar-refractivity contribution in [2.75, 3.05) is 0 Å². The molecular formula is C14H12F2N2OS2. The molecule has 1 aromatic carbocycles. The van der Waals surface area contributed by atoms with Crippen LogP contribution < -0.4 is 0 Å². The summed E-state index contributed by atoms with van der Waals surface area (Å²) < 4.78 is 29.2. The molecule has 110 valence electrons. The van der Waals surface area contributed by atoms with Crippen molar-refractivity contribution in [1.29, 1.82) is 0 Å². The van der Waals surface area contributed by atoms with Crippen molar-refractivity contribution in [2.24, 2.45) is 0 Å². The van der Waals surface area contributed by atoms with Crippen molar-refractivity contribution in [3.05, 3.63) is 51.6 Å². The predicted octanol–water partition coefficient (Wildman–Crippen LogP) is 3.62. The highest BCUT2D eigenvalue weighted by molar-refractivity contribution is 7.97. The smallest absolute Gasteiger partial charge is 0.234 e. The van der Waals surface area contributed by atoms with Gasteiger partial charge in [-0.15, -0.1) is 0 Å². The Labute approximate surface area is 130 Å². The molecular weight excluding hydrogens is 314 g/mol. The first-order valence-electron chi connectivity index (χ1n) is 6.47. The minimum Gasteiger partial charge on any atom is -0.337 e. The zero-order chi connectivity index (χ0) is 15.1. The van der Waals surface area contributed by atoms with Crippen LogP contribution in [0, 0.1) is 16.4 Å². The van der Waals surface area contributed by atoms with E-state index in [9.17, 15) is 13.6 Å². The van der Waals surface area contributed by atoms with Crippen molar-refractivity contribution in [3.63, 3.8) is 0 Å². The Hall–Kier alpha value is -1.47. The molecule has 1 unspecified atom stereocenters. The molecule has 3 nitrogen and oxygen atoms in total. The third-order valence-electron chi connectivity index (χ3n) is 3.83. The number of carbonyl (C=O) groups is 1. The number of nitrogens with one attached hydrogen (secondary N) is 1. The summed E-state index contributed by atoms with van der Waals surface area (Å²) in [5.74, 6) is -1.10. The second-order valence-corrected chi connectivity index (χ2v) is 5.87. The number of imidazole rings is 1. The highest BCUT2D eigenvalue weighted by Gasteiger charge is 2.26. The highest BCUT2D eigenvalue weighted by Crippen LogP contribution is 2.32. The minimum absolute atomic E-state index is 0.108. The van der Waals surface area contributed by atoms with Crippen LogP contribution in [0.4, 0.5) is 8.78 Å². The number of aromatic amines is 1. The number of carbonyl (C=O) groups excluding carboxylic acids is 1. The average molecular weight is 326 g/mol. The number of aromatic nitrogens is 2. The Morgan fingerprint density at radius 2 is 2.19 bits per heavy atom. The third kappa shape index (κ3) is 2.55. The number of rotatable bonds is 2. The Kier molecular flexibility index (Phi) is 3.71. The summed E-state index contributed by atoms with van der Waals surface area (Å²) in [4.78, 5) is 14.4. The molecule has 0 amide bonds. The van der Waals surface area contributed by atoms with Crippen LogP contribution in [0.3, 0.4) is 0 Å². The van der Waals surface area contributed by atoms with Crippen LogP contribution in [0.1, 0.15) is 34.1 Å². The second kappa shape index (κ2) is 5.38. The Morgan fingerprint density at radius 3 is 2.90 bits per heavy atom. The van der Waals surface area contributed by atoms with Gasteiger partial charge < -0.3 is 9.55 Å². The van der Waals surface area contributed by atoms with E-state index in [0.717, 1.165) is 6.07 Å². The maximum atomic E-state index is 13.7. The number of benzene rings is 1. The monoisotopic (exact) mass is 326 g/mol. The number of fused-ring (bicyclic) bond motifs is 1. The summed E-state index contributed by atoms with van der Waals surface area (Å²) in [5, 5.41) is -0.390. The molecule has 0 saturated carbocycles. The van der Waals surface area contributed by atoms with Crippen LogP contribution in [0.15, 0.2) is 18.3 Å². The molecule has 1 aromatic heterocycles. The summed E-state index contributed by atoms with van der Waals surface area (Å²) in [5.41, 5.74) is 1.55. The number of hydrogen-bond acceptors (Lipinski definition) is 2. The molecule has 1 aliphatic rings. The Balaban J connectivity index is 2.03. The lowest BCUT2D eigenvalue weighted by atomic mass is 9.87. The van der Waals surface area contributed by atoms with Gasteiger partial charge >= 0.3 is 0 Å². The fourth-order valence-electron chi connectivity index (χ4n) is 2.91. The van der Waals surface area contributed by atoms with E-state index in [1.807, 2.05) is 0 Å². The van der Waals surface area contributed by atoms with Gasteiger partial charge in [-0.25, -0.2) is 8.78 Å². The topological polar surface area (TPSA) is 37.8 Å². The largest absolute Gasteiger partial charge is 0.337 e. The molecule has 2 aromatic rings. The van der Waals surface area contributed by atoms with E-state index in [-0.39, 0.29) is 6.04 Å². The summed E-state index contributed by atoms with van der Waals surface area (Å²) in [6, 6.07) is 2.15. The van der Waals surface area contributed by atoms with Gasteiger partial charge in [0.15, 0.2) is 4.77 Å². The zero-order valence-electron chi connectivity index (χ0n) is 10.9. The van der Waals surface area contributed by atoms with Crippen LogP contribution in [0.5, 0.6) is 0 Å². The Bertz CT molecular complexity index is 782. The molecule has 0 radical (unpaired) electrons. The summed E-state index contributed by atoms with van der Waals surface area (Å²) >= 11 is 9.03. The van der Waals surface area contributed by atoms with Crippen LogP contribution in [-0.4, -0.2) is 14.7 Å². The molecule has 0 saturated heterocycles. The lowest BCUT2D eigenvalue weighted by Gasteiger charge is -2.27. The first kappa shape index (κ1) is 14.5. The molecule has 3 rings (SSSR count). The van der Waals surface area contributed by atoms with Gasteiger partial charge in [0.2, 0.25) is 5.12 Å². The van der Waals surface area contributed by atoms with Crippen molar-refractivity contribution in [1.82, 2.24) is 9.55 Å². The minimum atomic E-state index is -0.588. The normalized spacial score (nSPS) is 17.6. The molecule has 1 heterocycles. The summed E-state index contributed by atoms with van der Waals surface area (Å²) in [7, 11) is 0. The van der Waals surface area contributed by atoms with Gasteiger partial charge in [0, 0.05) is 18.3 Å². The molecule has 0 aliphatic heterocycles. The van der Waals surface area contributed by atoms with E-state index in [0.29, 0.717) is 40.9 Å². The van der Waals surface area contributed by atoms with Crippen molar-refractivity contribution < 1.29 is 13.6 Å². The summed E-state index contributed by atoms with van der Waals surface area (Å²) in [6.07, 6.45) is 3.07. The number of H-pyrrole nitrogens is 1. The van der Waals surface area contributed by atoms with Crippen molar-refractivity contribution in [3.8, 4) is 0 Å². The van der Waals surface area contributed by atoms with Gasteiger partial charge in [-0.1, -0.05) is 12.6 Å².